The molecule has 0 aliphatic carbocycles. The van der Waals surface area contributed by atoms with Crippen molar-refractivity contribution in [2.75, 3.05) is 0 Å². The number of halogens is 3. The first-order chi connectivity index (χ1) is 8.57. The van der Waals surface area contributed by atoms with Gasteiger partial charge in [-0.15, -0.1) is 0 Å². The van der Waals surface area contributed by atoms with Gasteiger partial charge >= 0.3 is 6.18 Å². The molecule has 18 heavy (non-hydrogen) atoms. The van der Waals surface area contributed by atoms with E-state index in [-0.39, 0.29) is 5.52 Å². The van der Waals surface area contributed by atoms with Crippen LogP contribution < -0.4 is 0 Å². The second kappa shape index (κ2) is 3.70. The predicted molar refractivity (Wildman–Crippen MR) is 64.3 cm³/mol. The summed E-state index contributed by atoms with van der Waals surface area (Å²) in [6.07, 6.45) is -2.90. The average Bonchev–Trinajstić information content (AvgIpc) is 2.36. The lowest BCUT2D eigenvalue weighted by Crippen LogP contribution is -2.06. The van der Waals surface area contributed by atoms with Crippen LogP contribution in [0.25, 0.3) is 21.7 Å². The van der Waals surface area contributed by atoms with Gasteiger partial charge < -0.3 is 0 Å². The largest absolute Gasteiger partial charge is 0.418 e. The van der Waals surface area contributed by atoms with Crippen LogP contribution in [-0.4, -0.2) is 4.98 Å². The number of para-hydroxylation sites is 1. The van der Waals surface area contributed by atoms with Gasteiger partial charge in [-0.1, -0.05) is 36.4 Å². The molecule has 0 aliphatic rings. The second-order valence-electron chi connectivity index (χ2n) is 4.04. The average molecular weight is 247 g/mol. The molecule has 3 aromatic rings. The van der Waals surface area contributed by atoms with Crippen molar-refractivity contribution < 1.29 is 13.2 Å². The molecule has 0 aliphatic heterocycles. The summed E-state index contributed by atoms with van der Waals surface area (Å²) in [7, 11) is 0. The van der Waals surface area contributed by atoms with E-state index in [1.807, 2.05) is 18.2 Å². The van der Waals surface area contributed by atoms with E-state index in [2.05, 4.69) is 4.98 Å². The molecule has 1 nitrogen and oxygen atoms in total. The van der Waals surface area contributed by atoms with E-state index in [1.54, 1.807) is 12.1 Å². The fourth-order valence-electron chi connectivity index (χ4n) is 2.12. The van der Waals surface area contributed by atoms with Crippen LogP contribution >= 0.6 is 0 Å². The number of benzene rings is 2. The molecule has 0 amide bonds. The number of hydrogen-bond acceptors (Lipinski definition) is 1. The number of alkyl halides is 3. The van der Waals surface area contributed by atoms with Gasteiger partial charge in [0, 0.05) is 17.0 Å². The van der Waals surface area contributed by atoms with Crippen molar-refractivity contribution in [3.05, 3.63) is 54.2 Å². The maximum atomic E-state index is 12.9. The SMILES string of the molecule is FC(F)(F)c1cccc2c1ncc1ccccc12. The maximum Gasteiger partial charge on any atom is 0.418 e. The number of aromatic nitrogens is 1. The second-order valence-corrected chi connectivity index (χ2v) is 4.04. The van der Waals surface area contributed by atoms with Crippen LogP contribution in [0, 0.1) is 0 Å². The molecule has 90 valence electrons. The van der Waals surface area contributed by atoms with Gasteiger partial charge in [-0.05, 0) is 11.5 Å². The first-order valence-corrected chi connectivity index (χ1v) is 5.41. The highest BCUT2D eigenvalue weighted by atomic mass is 19.4. The Bertz CT molecular complexity index is 732. The van der Waals surface area contributed by atoms with Gasteiger partial charge in [0.25, 0.3) is 0 Å². The number of pyridine rings is 1. The Morgan fingerprint density at radius 3 is 2.33 bits per heavy atom. The molecule has 0 N–H and O–H groups in total. The first kappa shape index (κ1) is 11.0. The Labute approximate surface area is 101 Å². The van der Waals surface area contributed by atoms with Crippen molar-refractivity contribution >= 4 is 21.7 Å². The molecule has 0 fully saturated rings. The smallest absolute Gasteiger partial charge is 0.255 e. The monoisotopic (exact) mass is 247 g/mol. The summed E-state index contributed by atoms with van der Waals surface area (Å²) >= 11 is 0. The van der Waals surface area contributed by atoms with Crippen molar-refractivity contribution in [3.8, 4) is 0 Å². The zero-order valence-corrected chi connectivity index (χ0v) is 9.20. The third-order valence-electron chi connectivity index (χ3n) is 2.93. The number of rotatable bonds is 0. The van der Waals surface area contributed by atoms with Gasteiger partial charge in [0.1, 0.15) is 0 Å². The van der Waals surface area contributed by atoms with E-state index in [1.165, 1.54) is 12.3 Å². The molecule has 3 rings (SSSR count). The molecule has 0 spiro atoms. The van der Waals surface area contributed by atoms with Gasteiger partial charge in [-0.25, -0.2) is 0 Å². The van der Waals surface area contributed by atoms with Crippen LogP contribution in [0.4, 0.5) is 13.2 Å². The Kier molecular flexibility index (Phi) is 2.26. The Balaban J connectivity index is 2.48. The maximum absolute atomic E-state index is 12.9. The van der Waals surface area contributed by atoms with Crippen LogP contribution in [0.2, 0.25) is 0 Å². The third-order valence-corrected chi connectivity index (χ3v) is 2.93. The van der Waals surface area contributed by atoms with E-state index in [4.69, 9.17) is 0 Å². The summed E-state index contributed by atoms with van der Waals surface area (Å²) in [5.41, 5.74) is -0.686. The summed E-state index contributed by atoms with van der Waals surface area (Å²) in [5, 5.41) is 2.15. The highest BCUT2D eigenvalue weighted by Crippen LogP contribution is 2.35. The Hall–Kier alpha value is -2.10. The predicted octanol–water partition coefficient (Wildman–Crippen LogP) is 4.41. The molecular weight excluding hydrogens is 239 g/mol. The molecule has 1 aromatic heterocycles. The molecule has 0 saturated heterocycles. The minimum atomic E-state index is -4.38. The molecule has 0 saturated carbocycles. The van der Waals surface area contributed by atoms with Crippen LogP contribution in [0.5, 0.6) is 0 Å². The van der Waals surface area contributed by atoms with Gasteiger partial charge in [0.2, 0.25) is 0 Å². The Morgan fingerprint density at radius 2 is 1.56 bits per heavy atom. The molecule has 1 heterocycles. The number of fused-ring (bicyclic) bond motifs is 3. The fourth-order valence-corrected chi connectivity index (χ4v) is 2.12. The lowest BCUT2D eigenvalue weighted by atomic mass is 10.0. The van der Waals surface area contributed by atoms with Crippen LogP contribution in [0.3, 0.4) is 0 Å². The normalized spacial score (nSPS) is 12.2. The van der Waals surface area contributed by atoms with Gasteiger partial charge in [0.05, 0.1) is 11.1 Å². The highest BCUT2D eigenvalue weighted by Gasteiger charge is 2.33. The van der Waals surface area contributed by atoms with Crippen LogP contribution in [0.15, 0.2) is 48.7 Å². The molecule has 0 atom stereocenters. The van der Waals surface area contributed by atoms with Gasteiger partial charge in [-0.3, -0.25) is 4.98 Å². The van der Waals surface area contributed by atoms with Crippen molar-refractivity contribution in [3.63, 3.8) is 0 Å². The summed E-state index contributed by atoms with van der Waals surface area (Å²) in [6, 6.07) is 11.4. The van der Waals surface area contributed by atoms with Gasteiger partial charge in [-0.2, -0.15) is 13.2 Å². The Morgan fingerprint density at radius 1 is 0.833 bits per heavy atom. The fraction of sp³-hybridized carbons (Fsp3) is 0.0714. The zero-order valence-electron chi connectivity index (χ0n) is 9.20. The van der Waals surface area contributed by atoms with Crippen molar-refractivity contribution in [2.45, 2.75) is 6.18 Å². The third kappa shape index (κ3) is 1.61. The minimum absolute atomic E-state index is 0.00343. The zero-order chi connectivity index (χ0) is 12.8. The lowest BCUT2D eigenvalue weighted by molar-refractivity contribution is -0.136. The van der Waals surface area contributed by atoms with Crippen LogP contribution in [-0.2, 0) is 6.18 Å². The molecular formula is C14H8F3N. The summed E-state index contributed by atoms with van der Waals surface area (Å²) in [4.78, 5) is 3.96. The minimum Gasteiger partial charge on any atom is -0.255 e. The van der Waals surface area contributed by atoms with Crippen LogP contribution in [0.1, 0.15) is 5.56 Å². The summed E-state index contributed by atoms with van der Waals surface area (Å²) < 4.78 is 38.6. The van der Waals surface area contributed by atoms with E-state index < -0.39 is 11.7 Å². The van der Waals surface area contributed by atoms with E-state index in [0.29, 0.717) is 5.39 Å². The summed E-state index contributed by atoms with van der Waals surface area (Å²) in [6.45, 7) is 0. The lowest BCUT2D eigenvalue weighted by Gasteiger charge is -2.10. The van der Waals surface area contributed by atoms with E-state index >= 15 is 0 Å². The molecule has 4 heteroatoms. The molecule has 0 unspecified atom stereocenters. The highest BCUT2D eigenvalue weighted by molar-refractivity contribution is 6.06. The topological polar surface area (TPSA) is 12.9 Å². The van der Waals surface area contributed by atoms with Gasteiger partial charge in [0.15, 0.2) is 0 Å². The van der Waals surface area contributed by atoms with Crippen molar-refractivity contribution in [1.82, 2.24) is 4.98 Å². The standard InChI is InChI=1S/C14H8F3N/c15-14(16,17)12-7-3-6-11-10-5-2-1-4-9(10)8-18-13(11)12/h1-8H. The molecule has 0 bridgehead atoms. The van der Waals surface area contributed by atoms with Crippen molar-refractivity contribution in [1.29, 1.82) is 0 Å². The number of hydrogen-bond donors (Lipinski definition) is 0. The van der Waals surface area contributed by atoms with E-state index in [9.17, 15) is 13.2 Å². The molecule has 2 aromatic carbocycles. The first-order valence-electron chi connectivity index (χ1n) is 5.41. The number of nitrogens with zero attached hydrogens (tertiary/aromatic N) is 1. The summed E-state index contributed by atoms with van der Waals surface area (Å²) in [5.74, 6) is 0. The molecule has 0 radical (unpaired) electrons. The quantitative estimate of drug-likeness (QED) is 0.536. The van der Waals surface area contributed by atoms with Crippen molar-refractivity contribution in [2.24, 2.45) is 0 Å². The van der Waals surface area contributed by atoms with E-state index in [0.717, 1.165) is 16.8 Å².